The minimum atomic E-state index is -0.897. The van der Waals surface area contributed by atoms with E-state index < -0.39 is 23.6 Å². The number of aliphatic hydroxyl groups is 2. The Bertz CT molecular complexity index is 979. The van der Waals surface area contributed by atoms with E-state index in [9.17, 15) is 18.7 Å². The molecule has 0 spiro atoms. The number of amides is 1. The smallest absolute Gasteiger partial charge is 0.274 e. The Morgan fingerprint density at radius 1 is 1.21 bits per heavy atom. The number of carbonyl (C=O) groups is 1. The van der Waals surface area contributed by atoms with Crippen molar-refractivity contribution in [2.75, 3.05) is 18.5 Å². The van der Waals surface area contributed by atoms with Crippen LogP contribution < -0.4 is 10.1 Å². The molecule has 29 heavy (non-hydrogen) atoms. The first-order valence-corrected chi connectivity index (χ1v) is 9.36. The van der Waals surface area contributed by atoms with Crippen LogP contribution in [0.5, 0.6) is 5.06 Å². The molecule has 1 amide bonds. The lowest BCUT2D eigenvalue weighted by molar-refractivity contribution is 0.0759. The number of aromatic nitrogens is 2. The van der Waals surface area contributed by atoms with Crippen molar-refractivity contribution in [1.29, 1.82) is 0 Å². The standard InChI is InChI=1S/C19H17F2N3O4S/c20-12-3-1-4-13(21)17(12)14-5-2-6-15(23-14)18(27)24-16-9-22-29-19(16)28-8-7-11(26)10-25/h1-6,9,11,25-26H,7-8,10H2,(H,24,27). The van der Waals surface area contributed by atoms with E-state index in [4.69, 9.17) is 9.84 Å². The SMILES string of the molecule is O=C(Nc1cnsc1OCCC(O)CO)c1cccc(-c2c(F)cccc2F)n1. The van der Waals surface area contributed by atoms with Gasteiger partial charge in [-0.25, -0.2) is 13.8 Å². The molecule has 0 aliphatic rings. The van der Waals surface area contributed by atoms with Gasteiger partial charge in [0.15, 0.2) is 0 Å². The van der Waals surface area contributed by atoms with E-state index in [0.29, 0.717) is 10.8 Å². The Balaban J connectivity index is 1.74. The van der Waals surface area contributed by atoms with Gasteiger partial charge in [-0.15, -0.1) is 0 Å². The molecule has 152 valence electrons. The van der Waals surface area contributed by atoms with E-state index in [2.05, 4.69) is 14.7 Å². The summed E-state index contributed by atoms with van der Waals surface area (Å²) in [5.74, 6) is -2.17. The molecule has 1 unspecified atom stereocenters. The Kier molecular flexibility index (Phi) is 6.81. The van der Waals surface area contributed by atoms with Gasteiger partial charge in [0.05, 0.1) is 36.8 Å². The van der Waals surface area contributed by atoms with Gasteiger partial charge in [0.25, 0.3) is 5.91 Å². The molecule has 3 aromatic rings. The summed E-state index contributed by atoms with van der Waals surface area (Å²) in [5.41, 5.74) is -0.0715. The molecule has 0 bridgehead atoms. The number of pyridine rings is 1. The number of rotatable bonds is 8. The quantitative estimate of drug-likeness (QED) is 0.517. The third kappa shape index (κ3) is 5.11. The minimum Gasteiger partial charge on any atom is -0.481 e. The summed E-state index contributed by atoms with van der Waals surface area (Å²) in [6, 6.07) is 7.77. The highest BCUT2D eigenvalue weighted by Crippen LogP contribution is 2.30. The molecule has 3 N–H and O–H groups in total. The molecule has 1 aromatic carbocycles. The molecule has 10 heteroatoms. The summed E-state index contributed by atoms with van der Waals surface area (Å²) in [6.07, 6.45) is 0.701. The second kappa shape index (κ2) is 9.50. The molecule has 7 nitrogen and oxygen atoms in total. The summed E-state index contributed by atoms with van der Waals surface area (Å²) < 4.78 is 37.4. The lowest BCUT2D eigenvalue weighted by atomic mass is 10.1. The van der Waals surface area contributed by atoms with Crippen molar-refractivity contribution in [3.63, 3.8) is 0 Å². The van der Waals surface area contributed by atoms with E-state index in [0.717, 1.165) is 23.7 Å². The lowest BCUT2D eigenvalue weighted by Gasteiger charge is -2.10. The van der Waals surface area contributed by atoms with Crippen LogP contribution in [0.4, 0.5) is 14.5 Å². The molecule has 0 aliphatic carbocycles. The molecule has 0 saturated heterocycles. The second-order valence-corrected chi connectivity index (χ2v) is 6.72. The summed E-state index contributed by atoms with van der Waals surface area (Å²) in [6.45, 7) is -0.257. The van der Waals surface area contributed by atoms with Gasteiger partial charge in [0, 0.05) is 18.0 Å². The average Bonchev–Trinajstić information content (AvgIpc) is 3.14. The Hall–Kier alpha value is -2.95. The Labute approximate surface area is 168 Å². The number of halogens is 2. The van der Waals surface area contributed by atoms with E-state index >= 15 is 0 Å². The lowest BCUT2D eigenvalue weighted by Crippen LogP contribution is -2.17. The zero-order chi connectivity index (χ0) is 20.8. The molecule has 0 aliphatic heterocycles. The van der Waals surface area contributed by atoms with Crippen LogP contribution in [0.3, 0.4) is 0 Å². The van der Waals surface area contributed by atoms with Crippen LogP contribution >= 0.6 is 11.5 Å². The normalized spacial score (nSPS) is 11.9. The predicted molar refractivity (Wildman–Crippen MR) is 103 cm³/mol. The first-order chi connectivity index (χ1) is 14.0. The molecule has 0 saturated carbocycles. The number of hydrogen-bond donors (Lipinski definition) is 3. The van der Waals surface area contributed by atoms with Gasteiger partial charge < -0.3 is 20.3 Å². The number of nitrogens with one attached hydrogen (secondary N) is 1. The highest BCUT2D eigenvalue weighted by Gasteiger charge is 2.17. The zero-order valence-electron chi connectivity index (χ0n) is 15.0. The van der Waals surface area contributed by atoms with E-state index in [1.54, 1.807) is 0 Å². The van der Waals surface area contributed by atoms with Crippen LogP contribution in [-0.2, 0) is 0 Å². The van der Waals surface area contributed by atoms with Crippen molar-refractivity contribution < 1.29 is 28.5 Å². The number of aliphatic hydroxyl groups excluding tert-OH is 2. The minimum absolute atomic E-state index is 0.00819. The number of hydrogen-bond acceptors (Lipinski definition) is 7. The van der Waals surface area contributed by atoms with Crippen LogP contribution in [0, 0.1) is 11.6 Å². The molecule has 2 heterocycles. The number of anilines is 1. The number of benzene rings is 1. The molecule has 1 atom stereocenters. The van der Waals surface area contributed by atoms with Gasteiger partial charge in [-0.1, -0.05) is 12.1 Å². The molecule has 0 fully saturated rings. The third-order valence-corrected chi connectivity index (χ3v) is 4.60. The van der Waals surface area contributed by atoms with Gasteiger partial charge in [-0.05, 0) is 24.3 Å². The van der Waals surface area contributed by atoms with Crippen molar-refractivity contribution in [3.8, 4) is 16.3 Å². The first kappa shape index (κ1) is 20.8. The maximum Gasteiger partial charge on any atom is 0.274 e. The van der Waals surface area contributed by atoms with E-state index in [1.807, 2.05) is 0 Å². The highest BCUT2D eigenvalue weighted by atomic mass is 32.1. The molecule has 2 aromatic heterocycles. The fourth-order valence-corrected chi connectivity index (χ4v) is 3.02. The fraction of sp³-hybridized carbons (Fsp3) is 0.211. The van der Waals surface area contributed by atoms with Crippen LogP contribution in [0.15, 0.2) is 42.6 Å². The second-order valence-electron chi connectivity index (χ2n) is 5.96. The molecular weight excluding hydrogens is 404 g/mol. The van der Waals surface area contributed by atoms with Gasteiger partial charge in [-0.3, -0.25) is 4.79 Å². The fourth-order valence-electron chi connectivity index (χ4n) is 2.42. The highest BCUT2D eigenvalue weighted by molar-refractivity contribution is 7.08. The summed E-state index contributed by atoms with van der Waals surface area (Å²) in [7, 11) is 0. The van der Waals surface area contributed by atoms with Crippen molar-refractivity contribution >= 4 is 23.1 Å². The molecule has 3 rings (SSSR count). The van der Waals surface area contributed by atoms with Gasteiger partial charge in [-0.2, -0.15) is 4.37 Å². The van der Waals surface area contributed by atoms with Crippen molar-refractivity contribution in [2.45, 2.75) is 12.5 Å². The molecular formula is C19H17F2N3O4S. The Morgan fingerprint density at radius 3 is 2.66 bits per heavy atom. The monoisotopic (exact) mass is 421 g/mol. The average molecular weight is 421 g/mol. The van der Waals surface area contributed by atoms with Crippen LogP contribution in [0.2, 0.25) is 0 Å². The predicted octanol–water partition coefficient (Wildman–Crippen LogP) is 2.86. The van der Waals surface area contributed by atoms with Crippen molar-refractivity contribution in [2.24, 2.45) is 0 Å². The maximum atomic E-state index is 14.0. The Morgan fingerprint density at radius 2 is 1.93 bits per heavy atom. The number of carbonyl (C=O) groups excluding carboxylic acids is 1. The molecule has 0 radical (unpaired) electrons. The summed E-state index contributed by atoms with van der Waals surface area (Å²) in [5, 5.41) is 21.0. The third-order valence-electron chi connectivity index (χ3n) is 3.88. The number of ether oxygens (including phenoxy) is 1. The van der Waals surface area contributed by atoms with Crippen LogP contribution in [0.25, 0.3) is 11.3 Å². The summed E-state index contributed by atoms with van der Waals surface area (Å²) in [4.78, 5) is 16.6. The first-order valence-electron chi connectivity index (χ1n) is 8.58. The topological polar surface area (TPSA) is 105 Å². The van der Waals surface area contributed by atoms with Crippen LogP contribution in [-0.4, -0.2) is 44.8 Å². The van der Waals surface area contributed by atoms with Crippen molar-refractivity contribution in [3.05, 3.63) is 59.9 Å². The van der Waals surface area contributed by atoms with Gasteiger partial charge in [0.2, 0.25) is 5.06 Å². The zero-order valence-corrected chi connectivity index (χ0v) is 15.8. The number of nitrogens with zero attached hydrogens (tertiary/aromatic N) is 2. The van der Waals surface area contributed by atoms with Crippen molar-refractivity contribution in [1.82, 2.24) is 9.36 Å². The van der Waals surface area contributed by atoms with Gasteiger partial charge in [0.1, 0.15) is 23.0 Å². The van der Waals surface area contributed by atoms with E-state index in [1.165, 1.54) is 30.5 Å². The largest absolute Gasteiger partial charge is 0.481 e. The maximum absolute atomic E-state index is 14.0. The summed E-state index contributed by atoms with van der Waals surface area (Å²) >= 11 is 0.999. The van der Waals surface area contributed by atoms with Crippen LogP contribution in [0.1, 0.15) is 16.9 Å². The van der Waals surface area contributed by atoms with Gasteiger partial charge >= 0.3 is 0 Å². The van der Waals surface area contributed by atoms with E-state index in [-0.39, 0.29) is 36.6 Å².